The van der Waals surface area contributed by atoms with Crippen LogP contribution in [0.15, 0.2) is 6.07 Å². The van der Waals surface area contributed by atoms with Crippen LogP contribution in [-0.4, -0.2) is 34.4 Å². The lowest BCUT2D eigenvalue weighted by molar-refractivity contribution is 0.420. The maximum Gasteiger partial charge on any atom is 0.131 e. The van der Waals surface area contributed by atoms with Crippen molar-refractivity contribution in [3.63, 3.8) is 0 Å². The van der Waals surface area contributed by atoms with E-state index in [1.165, 1.54) is 11.7 Å². The molecule has 1 aliphatic heterocycles. The highest BCUT2D eigenvalue weighted by Crippen LogP contribution is 2.38. The number of nitrogens with zero attached hydrogens (tertiary/aromatic N) is 3. The number of nitrogens with one attached hydrogen (secondary N) is 1. The van der Waals surface area contributed by atoms with Crippen LogP contribution in [0.4, 0.5) is 5.69 Å². The average Bonchev–Trinajstić information content (AvgIpc) is 2.77. The molecule has 4 nitrogen and oxygen atoms in total. The summed E-state index contributed by atoms with van der Waals surface area (Å²) in [5.74, 6) is 0.570. The van der Waals surface area contributed by atoms with E-state index >= 15 is 0 Å². The molecule has 1 N–H and O–H groups in total. The molecule has 0 aliphatic carbocycles. The summed E-state index contributed by atoms with van der Waals surface area (Å²) in [6, 6.07) is 2.23. The van der Waals surface area contributed by atoms with Crippen molar-refractivity contribution < 1.29 is 0 Å². The molecule has 21 heavy (non-hydrogen) atoms. The van der Waals surface area contributed by atoms with Crippen molar-refractivity contribution in [2.24, 2.45) is 5.92 Å². The number of rotatable bonds is 2. The molecule has 2 aromatic rings. The molecule has 0 bridgehead atoms. The van der Waals surface area contributed by atoms with E-state index in [1.54, 1.807) is 6.07 Å². The van der Waals surface area contributed by atoms with Crippen LogP contribution in [0.25, 0.3) is 11.0 Å². The highest BCUT2D eigenvalue weighted by atomic mass is 35.5. The number of anilines is 1. The van der Waals surface area contributed by atoms with Crippen molar-refractivity contribution in [2.75, 3.05) is 24.5 Å². The number of hydrogen-bond acceptors (Lipinski definition) is 5. The van der Waals surface area contributed by atoms with E-state index in [0.717, 1.165) is 42.8 Å². The predicted octanol–water partition coefficient (Wildman–Crippen LogP) is 3.82. The van der Waals surface area contributed by atoms with Gasteiger partial charge in [0.15, 0.2) is 0 Å². The molecule has 1 aromatic carbocycles. The van der Waals surface area contributed by atoms with E-state index in [4.69, 9.17) is 23.2 Å². The summed E-state index contributed by atoms with van der Waals surface area (Å²) >= 11 is 13.9. The number of benzene rings is 1. The lowest BCUT2D eigenvalue weighted by atomic mass is 10.0. The molecular weight excluding hydrogens is 327 g/mol. The van der Waals surface area contributed by atoms with Crippen LogP contribution >= 0.6 is 34.9 Å². The highest BCUT2D eigenvalue weighted by Gasteiger charge is 2.25. The predicted molar refractivity (Wildman–Crippen MR) is 90.9 cm³/mol. The molecule has 1 unspecified atom stereocenters. The lowest BCUT2D eigenvalue weighted by Crippen LogP contribution is -2.41. The van der Waals surface area contributed by atoms with Crippen LogP contribution in [0, 0.1) is 5.92 Å². The van der Waals surface area contributed by atoms with E-state index in [2.05, 4.69) is 32.8 Å². The Morgan fingerprint density at radius 2 is 2.05 bits per heavy atom. The second-order valence-corrected chi connectivity index (χ2v) is 7.10. The fourth-order valence-corrected chi connectivity index (χ4v) is 3.99. The minimum atomic E-state index is 0.445. The smallest absolute Gasteiger partial charge is 0.131 e. The van der Waals surface area contributed by atoms with Crippen molar-refractivity contribution in [3.8, 4) is 0 Å². The Balaban J connectivity index is 2.04. The number of fused-ring (bicyclic) bond motifs is 1. The van der Waals surface area contributed by atoms with Crippen LogP contribution in [0.2, 0.25) is 10.0 Å². The summed E-state index contributed by atoms with van der Waals surface area (Å²) in [7, 11) is 0. The van der Waals surface area contributed by atoms with Crippen molar-refractivity contribution >= 4 is 51.7 Å². The monoisotopic (exact) mass is 344 g/mol. The third kappa shape index (κ3) is 2.97. The topological polar surface area (TPSA) is 41.1 Å². The number of hydrogen-bond donors (Lipinski definition) is 1. The third-order valence-corrected chi connectivity index (χ3v) is 5.07. The molecule has 1 saturated heterocycles. The van der Waals surface area contributed by atoms with Gasteiger partial charge in [-0.15, -0.1) is 0 Å². The van der Waals surface area contributed by atoms with E-state index in [1.807, 2.05) is 0 Å². The maximum atomic E-state index is 6.47. The maximum absolute atomic E-state index is 6.47. The van der Waals surface area contributed by atoms with E-state index in [0.29, 0.717) is 22.0 Å². The number of halogens is 2. The average molecular weight is 345 g/mol. The SMILES string of the molecule is CC(C)C1CN(c2c(Cl)cc(Cl)c3nsnc23)CCCN1. The molecule has 0 saturated carbocycles. The molecule has 1 aromatic heterocycles. The normalized spacial score (nSPS) is 20.2. The van der Waals surface area contributed by atoms with Gasteiger partial charge < -0.3 is 10.2 Å². The minimum Gasteiger partial charge on any atom is -0.367 e. The largest absolute Gasteiger partial charge is 0.367 e. The number of aromatic nitrogens is 2. The van der Waals surface area contributed by atoms with Gasteiger partial charge in [0, 0.05) is 19.1 Å². The summed E-state index contributed by atoms with van der Waals surface area (Å²) in [6.07, 6.45) is 1.08. The van der Waals surface area contributed by atoms with Gasteiger partial charge >= 0.3 is 0 Å². The van der Waals surface area contributed by atoms with Crippen LogP contribution in [0.3, 0.4) is 0 Å². The second-order valence-electron chi connectivity index (χ2n) is 5.75. The summed E-state index contributed by atoms with van der Waals surface area (Å²) in [6.45, 7) is 7.40. The Labute approximate surface area is 138 Å². The van der Waals surface area contributed by atoms with Crippen LogP contribution in [0.1, 0.15) is 20.3 Å². The Bertz CT molecular complexity index is 643. The van der Waals surface area contributed by atoms with Gasteiger partial charge in [-0.05, 0) is 24.9 Å². The first-order valence-electron chi connectivity index (χ1n) is 7.16. The Kier molecular flexibility index (Phi) is 4.54. The molecule has 1 atom stereocenters. The summed E-state index contributed by atoms with van der Waals surface area (Å²) in [5.41, 5.74) is 2.54. The zero-order chi connectivity index (χ0) is 15.0. The van der Waals surface area contributed by atoms with E-state index in [9.17, 15) is 0 Å². The van der Waals surface area contributed by atoms with Gasteiger partial charge in [-0.1, -0.05) is 37.0 Å². The van der Waals surface area contributed by atoms with Gasteiger partial charge in [-0.3, -0.25) is 0 Å². The Morgan fingerprint density at radius 1 is 1.29 bits per heavy atom. The first kappa shape index (κ1) is 15.3. The first-order chi connectivity index (χ1) is 10.1. The van der Waals surface area contributed by atoms with Crippen LogP contribution < -0.4 is 10.2 Å². The summed E-state index contributed by atoms with van der Waals surface area (Å²) in [5, 5.41) is 4.84. The standard InChI is InChI=1S/C14H18Cl2N4S/c1-8(2)11-7-20(5-3-4-17-11)14-10(16)6-9(15)12-13(14)19-21-18-12/h6,8,11,17H,3-5,7H2,1-2H3. The zero-order valence-electron chi connectivity index (χ0n) is 12.1. The molecular formula is C14H18Cl2N4S. The molecule has 0 amide bonds. The molecule has 3 rings (SSSR count). The van der Waals surface area contributed by atoms with Crippen molar-refractivity contribution in [1.29, 1.82) is 0 Å². The molecule has 7 heteroatoms. The van der Waals surface area contributed by atoms with Gasteiger partial charge in [0.1, 0.15) is 11.0 Å². The Morgan fingerprint density at radius 3 is 2.81 bits per heavy atom. The Hall–Kier alpha value is -0.620. The molecule has 114 valence electrons. The first-order valence-corrected chi connectivity index (χ1v) is 8.65. The summed E-state index contributed by atoms with van der Waals surface area (Å²) < 4.78 is 8.71. The van der Waals surface area contributed by atoms with Gasteiger partial charge in [0.25, 0.3) is 0 Å². The fourth-order valence-electron chi connectivity index (χ4n) is 2.76. The van der Waals surface area contributed by atoms with Gasteiger partial charge in [0.05, 0.1) is 27.5 Å². The minimum absolute atomic E-state index is 0.445. The molecule has 1 aliphatic rings. The second kappa shape index (κ2) is 6.24. The highest BCUT2D eigenvalue weighted by molar-refractivity contribution is 7.00. The van der Waals surface area contributed by atoms with Crippen LogP contribution in [0.5, 0.6) is 0 Å². The van der Waals surface area contributed by atoms with Gasteiger partial charge in [-0.2, -0.15) is 8.75 Å². The van der Waals surface area contributed by atoms with Gasteiger partial charge in [0.2, 0.25) is 0 Å². The third-order valence-electron chi connectivity index (χ3n) is 3.97. The molecule has 1 fully saturated rings. The van der Waals surface area contributed by atoms with Crippen molar-refractivity contribution in [3.05, 3.63) is 16.1 Å². The van der Waals surface area contributed by atoms with Gasteiger partial charge in [-0.25, -0.2) is 0 Å². The van der Waals surface area contributed by atoms with Crippen molar-refractivity contribution in [2.45, 2.75) is 26.3 Å². The fraction of sp³-hybridized carbons (Fsp3) is 0.571. The zero-order valence-corrected chi connectivity index (χ0v) is 14.4. The lowest BCUT2D eigenvalue weighted by Gasteiger charge is -2.29. The van der Waals surface area contributed by atoms with Crippen LogP contribution in [-0.2, 0) is 0 Å². The summed E-state index contributed by atoms with van der Waals surface area (Å²) in [4.78, 5) is 2.33. The molecule has 0 radical (unpaired) electrons. The molecule has 0 spiro atoms. The molecule has 2 heterocycles. The van der Waals surface area contributed by atoms with E-state index in [-0.39, 0.29) is 0 Å². The quantitative estimate of drug-likeness (QED) is 0.898. The van der Waals surface area contributed by atoms with E-state index < -0.39 is 0 Å². The van der Waals surface area contributed by atoms with Crippen molar-refractivity contribution in [1.82, 2.24) is 14.1 Å².